The van der Waals surface area contributed by atoms with Crippen LogP contribution < -0.4 is 0 Å². The molecule has 198 valence electrons. The molecule has 0 unspecified atom stereocenters. The molecule has 1 heterocycles. The maximum absolute atomic E-state index is 14.1. The third-order valence-electron chi connectivity index (χ3n) is 5.59. The topological polar surface area (TPSA) is 42.3 Å². The van der Waals surface area contributed by atoms with Crippen LogP contribution in [0.5, 0.6) is 0 Å². The van der Waals surface area contributed by atoms with E-state index in [9.17, 15) is 13.6 Å². The van der Waals surface area contributed by atoms with Crippen LogP contribution in [0.1, 0.15) is 91.5 Å². The van der Waals surface area contributed by atoms with Crippen molar-refractivity contribution in [1.29, 1.82) is 0 Å². The summed E-state index contributed by atoms with van der Waals surface area (Å²) in [6.07, 6.45) is 16.8. The van der Waals surface area contributed by atoms with Crippen LogP contribution in [-0.4, -0.2) is 22.4 Å². The number of thiazole rings is 1. The van der Waals surface area contributed by atoms with E-state index in [0.29, 0.717) is 5.57 Å². The normalized spacial score (nSPS) is 15.5. The SMILES string of the molecule is CCCC(CCC)c1nccs1.C\C=C(/C=C(\C(C)=N\C(C(C)=O)=C(/C)Cl)C(C)(F)F)C1=CCC=C1. The minimum atomic E-state index is -3.10. The summed E-state index contributed by atoms with van der Waals surface area (Å²) < 4.78 is 28.3. The second kappa shape index (κ2) is 15.8. The standard InChI is InChI=1S/C19H22ClF2NO.C10H17NS/c1-6-15(16-9-7-8-10-16)11-17(19(5,21)22)13(3)23-18(12(2)20)14(4)24;1-3-5-9(6-4-2)10-11-7-8-12-10/h6-7,9-11H,8H2,1-5H3;7-9H,3-6H2,1-2H3/b15-6+,17-11+,18-12+,23-13+;. The average Bonchev–Trinajstić information content (AvgIpc) is 3.51. The molecule has 0 N–H and O–H groups in total. The van der Waals surface area contributed by atoms with Crippen LogP contribution in [0, 0.1) is 0 Å². The zero-order chi connectivity index (χ0) is 27.3. The Labute approximate surface area is 224 Å². The molecule has 0 atom stereocenters. The van der Waals surface area contributed by atoms with Crippen molar-refractivity contribution in [2.75, 3.05) is 0 Å². The van der Waals surface area contributed by atoms with Gasteiger partial charge in [-0.2, -0.15) is 0 Å². The van der Waals surface area contributed by atoms with Gasteiger partial charge in [0.1, 0.15) is 5.70 Å². The van der Waals surface area contributed by atoms with Gasteiger partial charge < -0.3 is 0 Å². The molecule has 1 aliphatic carbocycles. The van der Waals surface area contributed by atoms with E-state index in [4.69, 9.17) is 11.6 Å². The summed E-state index contributed by atoms with van der Waals surface area (Å²) in [5.74, 6) is -2.75. The molecule has 0 fully saturated rings. The molecule has 0 radical (unpaired) electrons. The average molecular weight is 537 g/mol. The molecule has 1 aromatic heterocycles. The molecule has 0 bridgehead atoms. The first kappa shape index (κ1) is 31.8. The van der Waals surface area contributed by atoms with Gasteiger partial charge in [-0.3, -0.25) is 4.79 Å². The highest BCUT2D eigenvalue weighted by molar-refractivity contribution is 7.09. The predicted molar refractivity (Wildman–Crippen MR) is 151 cm³/mol. The predicted octanol–water partition coefficient (Wildman–Crippen LogP) is 9.75. The maximum Gasteiger partial charge on any atom is 0.272 e. The van der Waals surface area contributed by atoms with Gasteiger partial charge in [-0.15, -0.1) is 11.3 Å². The summed E-state index contributed by atoms with van der Waals surface area (Å²) in [7, 11) is 0. The number of hydrogen-bond donors (Lipinski definition) is 0. The number of nitrogens with zero attached hydrogens (tertiary/aromatic N) is 2. The maximum atomic E-state index is 14.1. The van der Waals surface area contributed by atoms with Crippen LogP contribution in [0.3, 0.4) is 0 Å². The molecule has 0 saturated heterocycles. The minimum absolute atomic E-state index is 0.00803. The van der Waals surface area contributed by atoms with Crippen LogP contribution in [0.15, 0.2) is 74.4 Å². The Hall–Kier alpha value is -2.18. The van der Waals surface area contributed by atoms with Crippen molar-refractivity contribution in [2.24, 2.45) is 4.99 Å². The molecule has 0 spiro atoms. The van der Waals surface area contributed by atoms with Gasteiger partial charge in [0.15, 0.2) is 5.78 Å². The lowest BCUT2D eigenvalue weighted by atomic mass is 9.98. The van der Waals surface area contributed by atoms with Gasteiger partial charge >= 0.3 is 0 Å². The molecular formula is C29H39ClF2N2OS. The number of halogens is 3. The van der Waals surface area contributed by atoms with Crippen LogP contribution in [-0.2, 0) is 4.79 Å². The summed E-state index contributed by atoms with van der Waals surface area (Å²) in [5, 5.41) is 3.58. The third kappa shape index (κ3) is 10.4. The van der Waals surface area contributed by atoms with E-state index in [1.807, 2.05) is 24.4 Å². The Morgan fingerprint density at radius 3 is 2.28 bits per heavy atom. The van der Waals surface area contributed by atoms with Crippen molar-refractivity contribution in [3.63, 3.8) is 0 Å². The van der Waals surface area contributed by atoms with Crippen molar-refractivity contribution in [2.45, 2.75) is 92.4 Å². The first-order valence-corrected chi connectivity index (χ1v) is 13.7. The van der Waals surface area contributed by atoms with Crippen molar-refractivity contribution >= 4 is 34.4 Å². The fourth-order valence-corrected chi connectivity index (χ4v) is 4.85. The Morgan fingerprint density at radius 2 is 1.89 bits per heavy atom. The molecule has 0 amide bonds. The van der Waals surface area contributed by atoms with E-state index in [0.717, 1.165) is 24.8 Å². The molecule has 1 aliphatic rings. The number of hydrogen-bond acceptors (Lipinski definition) is 4. The summed E-state index contributed by atoms with van der Waals surface area (Å²) in [5.41, 5.74) is 1.39. The van der Waals surface area contributed by atoms with Crippen LogP contribution in [0.2, 0.25) is 0 Å². The Morgan fingerprint density at radius 1 is 1.25 bits per heavy atom. The quantitative estimate of drug-likeness (QED) is 0.160. The number of aliphatic imine (C=N–C) groups is 1. The zero-order valence-corrected chi connectivity index (χ0v) is 24.1. The number of Topliss-reactive ketones (excluding diaryl/α,β-unsaturated/α-hetero) is 1. The molecule has 36 heavy (non-hydrogen) atoms. The summed E-state index contributed by atoms with van der Waals surface area (Å²) in [6.45, 7) is 11.4. The molecule has 0 aliphatic heterocycles. The Bertz CT molecular complexity index is 1030. The van der Waals surface area contributed by atoms with E-state index in [1.165, 1.54) is 57.5 Å². The fraction of sp³-hybridized carbons (Fsp3) is 0.483. The van der Waals surface area contributed by atoms with Gasteiger partial charge in [0.05, 0.1) is 5.01 Å². The van der Waals surface area contributed by atoms with Crippen LogP contribution in [0.25, 0.3) is 0 Å². The largest absolute Gasteiger partial charge is 0.293 e. The highest BCUT2D eigenvalue weighted by Gasteiger charge is 2.30. The second-order valence-corrected chi connectivity index (χ2v) is 10.3. The van der Waals surface area contributed by atoms with Crippen molar-refractivity contribution in [3.8, 4) is 0 Å². The highest BCUT2D eigenvalue weighted by Crippen LogP contribution is 2.30. The summed E-state index contributed by atoms with van der Waals surface area (Å²) >= 11 is 7.65. The van der Waals surface area contributed by atoms with Gasteiger partial charge in [-0.05, 0) is 57.3 Å². The number of allylic oxidation sites excluding steroid dienone is 10. The lowest BCUT2D eigenvalue weighted by molar-refractivity contribution is -0.113. The van der Waals surface area contributed by atoms with Crippen LogP contribution in [0.4, 0.5) is 8.78 Å². The molecule has 0 aromatic carbocycles. The molecule has 0 saturated carbocycles. The van der Waals surface area contributed by atoms with Gasteiger partial charge in [0, 0.05) is 47.7 Å². The summed E-state index contributed by atoms with van der Waals surface area (Å²) in [4.78, 5) is 20.0. The minimum Gasteiger partial charge on any atom is -0.293 e. The fourth-order valence-electron chi connectivity index (χ4n) is 3.86. The van der Waals surface area contributed by atoms with E-state index >= 15 is 0 Å². The van der Waals surface area contributed by atoms with Gasteiger partial charge in [0.25, 0.3) is 5.92 Å². The van der Waals surface area contributed by atoms with Crippen molar-refractivity contribution in [3.05, 3.63) is 74.4 Å². The second-order valence-electron chi connectivity index (χ2n) is 8.77. The first-order chi connectivity index (χ1) is 17.0. The summed E-state index contributed by atoms with van der Waals surface area (Å²) in [6, 6.07) is 0. The van der Waals surface area contributed by atoms with Crippen molar-refractivity contribution < 1.29 is 13.6 Å². The lowest BCUT2D eigenvalue weighted by Gasteiger charge is -2.17. The molecular weight excluding hydrogens is 498 g/mol. The number of aromatic nitrogens is 1. The van der Waals surface area contributed by atoms with Gasteiger partial charge in [-0.25, -0.2) is 18.8 Å². The lowest BCUT2D eigenvalue weighted by Crippen LogP contribution is -2.21. The van der Waals surface area contributed by atoms with Gasteiger partial charge in [-0.1, -0.05) is 62.6 Å². The van der Waals surface area contributed by atoms with E-state index in [2.05, 4.69) is 29.2 Å². The number of alkyl halides is 2. The van der Waals surface area contributed by atoms with E-state index in [-0.39, 0.29) is 27.8 Å². The first-order valence-electron chi connectivity index (χ1n) is 12.4. The van der Waals surface area contributed by atoms with Crippen LogP contribution >= 0.6 is 22.9 Å². The highest BCUT2D eigenvalue weighted by atomic mass is 35.5. The number of carbonyl (C=O) groups is 1. The Balaban J connectivity index is 0.000000450. The number of rotatable bonds is 11. The molecule has 2 rings (SSSR count). The monoisotopic (exact) mass is 536 g/mol. The smallest absolute Gasteiger partial charge is 0.272 e. The number of ketones is 1. The van der Waals surface area contributed by atoms with E-state index in [1.54, 1.807) is 24.3 Å². The van der Waals surface area contributed by atoms with Gasteiger partial charge in [0.2, 0.25) is 0 Å². The number of carbonyl (C=O) groups excluding carboxylic acids is 1. The molecule has 1 aromatic rings. The molecule has 7 heteroatoms. The molecule has 3 nitrogen and oxygen atoms in total. The van der Waals surface area contributed by atoms with Crippen molar-refractivity contribution in [1.82, 2.24) is 4.98 Å². The third-order valence-corrected chi connectivity index (χ3v) is 6.71. The Kier molecular flexibility index (Phi) is 14.0. The van der Waals surface area contributed by atoms with E-state index < -0.39 is 5.92 Å². The zero-order valence-electron chi connectivity index (χ0n) is 22.5.